The van der Waals surface area contributed by atoms with Gasteiger partial charge in [0.15, 0.2) is 0 Å². The van der Waals surface area contributed by atoms with E-state index in [1.807, 2.05) is 6.92 Å². The molecule has 3 aliphatic rings. The Labute approximate surface area is 129 Å². The Morgan fingerprint density at radius 2 is 2.19 bits per heavy atom. The average molecular weight is 291 g/mol. The molecule has 3 aliphatic carbocycles. The second-order valence-electron chi connectivity index (χ2n) is 7.20. The summed E-state index contributed by atoms with van der Waals surface area (Å²) in [6.45, 7) is 1.93. The molecule has 3 N–H and O–H groups in total. The molecule has 2 fully saturated rings. The zero-order valence-electron chi connectivity index (χ0n) is 15.3. The van der Waals surface area contributed by atoms with Crippen LogP contribution in [0.3, 0.4) is 0 Å². The zero-order chi connectivity index (χ0) is 17.4. The van der Waals surface area contributed by atoms with Crippen molar-refractivity contribution in [3.05, 3.63) is 29.3 Å². The lowest BCUT2D eigenvalue weighted by Gasteiger charge is -2.49. The molecular formula is C18H24O3. The molecule has 2 saturated carbocycles. The van der Waals surface area contributed by atoms with Crippen molar-refractivity contribution < 1.29 is 19.4 Å². The van der Waals surface area contributed by atoms with E-state index in [0.717, 1.165) is 24.0 Å². The second kappa shape index (κ2) is 4.47. The summed E-state index contributed by atoms with van der Waals surface area (Å²) in [7, 11) is 0. The summed E-state index contributed by atoms with van der Waals surface area (Å²) in [5.74, 6) is 0.249. The van der Waals surface area contributed by atoms with Gasteiger partial charge in [0.25, 0.3) is 0 Å². The summed E-state index contributed by atoms with van der Waals surface area (Å²) in [6.07, 6.45) is 0.544. The first-order chi connectivity index (χ1) is 11.2. The fraction of sp³-hybridized carbons (Fsp3) is 0.667. The van der Waals surface area contributed by atoms with Gasteiger partial charge in [-0.05, 0) is 78.5 Å². The molecule has 3 heteroatoms. The van der Waals surface area contributed by atoms with Crippen LogP contribution in [-0.4, -0.2) is 27.5 Å². The van der Waals surface area contributed by atoms with Crippen LogP contribution in [0.5, 0.6) is 5.75 Å². The quantitative estimate of drug-likeness (QED) is 0.688. The molecule has 4 rings (SSSR count). The van der Waals surface area contributed by atoms with Crippen molar-refractivity contribution in [3.8, 4) is 5.75 Å². The van der Waals surface area contributed by atoms with Crippen molar-refractivity contribution in [2.75, 3.05) is 0 Å². The largest absolute Gasteiger partial charge is 0.508 e. The van der Waals surface area contributed by atoms with Crippen LogP contribution < -0.4 is 0 Å². The number of hydrogen-bond acceptors (Lipinski definition) is 3. The highest BCUT2D eigenvalue weighted by atomic mass is 16.3. The van der Waals surface area contributed by atoms with Gasteiger partial charge < -0.3 is 15.3 Å². The summed E-state index contributed by atoms with van der Waals surface area (Å²) < 4.78 is 24.3. The molecule has 3 unspecified atom stereocenters. The molecule has 1 aromatic carbocycles. The van der Waals surface area contributed by atoms with Gasteiger partial charge in [-0.25, -0.2) is 0 Å². The summed E-state index contributed by atoms with van der Waals surface area (Å²) in [5, 5.41) is 30.7. The van der Waals surface area contributed by atoms with Crippen LogP contribution in [0.1, 0.15) is 53.8 Å². The predicted octanol–water partition coefficient (Wildman–Crippen LogP) is 2.58. The Hall–Kier alpha value is -1.06. The van der Waals surface area contributed by atoms with Gasteiger partial charge in [0.2, 0.25) is 0 Å². The molecule has 6 atom stereocenters. The van der Waals surface area contributed by atoms with E-state index in [9.17, 15) is 15.3 Å². The molecule has 0 aromatic heterocycles. The third kappa shape index (κ3) is 1.80. The van der Waals surface area contributed by atoms with Crippen LogP contribution in [-0.2, 0) is 6.42 Å². The van der Waals surface area contributed by atoms with E-state index < -0.39 is 17.6 Å². The smallest absolute Gasteiger partial charge is 0.115 e. The standard InChI is InChI=1S/C18H24O3/c1-18-7-6-13-12-5-3-11(19)8-10(12)2-4-14(13)15(18)9-16(20)17(18)21/h3,5,8,13-17,19-21H,2,4,6-7,9H2,1H3/t13?,14-,15?,16?,17+,18-/m0/s1/i3D,8D,17D. The number of aliphatic hydroxyl groups is 2. The van der Waals surface area contributed by atoms with Crippen LogP contribution in [0.25, 0.3) is 0 Å². The van der Waals surface area contributed by atoms with Gasteiger partial charge in [-0.2, -0.15) is 0 Å². The van der Waals surface area contributed by atoms with E-state index in [2.05, 4.69) is 0 Å². The first-order valence-corrected chi connectivity index (χ1v) is 7.91. The Morgan fingerprint density at radius 1 is 1.38 bits per heavy atom. The summed E-state index contributed by atoms with van der Waals surface area (Å²) >= 11 is 0. The highest BCUT2D eigenvalue weighted by molar-refractivity contribution is 5.40. The fourth-order valence-electron chi connectivity index (χ4n) is 5.22. The van der Waals surface area contributed by atoms with Gasteiger partial charge in [-0.3, -0.25) is 0 Å². The third-order valence-corrected chi connectivity index (χ3v) is 6.31. The molecular weight excluding hydrogens is 264 g/mol. The highest BCUT2D eigenvalue weighted by Gasteiger charge is 2.57. The van der Waals surface area contributed by atoms with Crippen LogP contribution >= 0.6 is 0 Å². The van der Waals surface area contributed by atoms with Crippen molar-refractivity contribution in [1.82, 2.24) is 0 Å². The lowest BCUT2D eigenvalue weighted by Crippen LogP contribution is -2.44. The second-order valence-corrected chi connectivity index (χ2v) is 7.20. The first-order valence-electron chi connectivity index (χ1n) is 9.41. The molecule has 114 valence electrons. The van der Waals surface area contributed by atoms with Gasteiger partial charge in [0.05, 0.1) is 16.3 Å². The summed E-state index contributed by atoms with van der Waals surface area (Å²) in [5.41, 5.74) is 1.21. The van der Waals surface area contributed by atoms with E-state index in [4.69, 9.17) is 4.11 Å². The van der Waals surface area contributed by atoms with E-state index in [1.165, 1.54) is 0 Å². The maximum atomic E-state index is 10.6. The van der Waals surface area contributed by atoms with Crippen LogP contribution in [0.2, 0.25) is 0 Å². The molecule has 0 radical (unpaired) electrons. The molecule has 1 aromatic rings. The molecule has 21 heavy (non-hydrogen) atoms. The van der Waals surface area contributed by atoms with Gasteiger partial charge in [-0.15, -0.1) is 0 Å². The minimum Gasteiger partial charge on any atom is -0.508 e. The number of benzene rings is 1. The average Bonchev–Trinajstić information content (AvgIpc) is 2.72. The third-order valence-electron chi connectivity index (χ3n) is 6.31. The fourth-order valence-corrected chi connectivity index (χ4v) is 5.22. The SMILES string of the molecule is [2H]c1cc2c(c([2H])c1O)CC[C@H]1C2CC[C@@]2(C)C1CC(O)[C@@]2([2H])O. The van der Waals surface area contributed by atoms with Crippen LogP contribution in [0, 0.1) is 17.3 Å². The highest BCUT2D eigenvalue weighted by Crippen LogP contribution is 2.60. The molecule has 0 heterocycles. The van der Waals surface area contributed by atoms with Crippen molar-refractivity contribution in [2.45, 2.75) is 57.1 Å². The summed E-state index contributed by atoms with van der Waals surface area (Å²) in [4.78, 5) is 0. The van der Waals surface area contributed by atoms with Crippen molar-refractivity contribution >= 4 is 0 Å². The Morgan fingerprint density at radius 3 is 3.00 bits per heavy atom. The molecule has 0 spiro atoms. The maximum absolute atomic E-state index is 10.6. The van der Waals surface area contributed by atoms with E-state index in [-0.39, 0.29) is 35.6 Å². The minimum atomic E-state index is -1.81. The van der Waals surface area contributed by atoms with Gasteiger partial charge in [0.1, 0.15) is 5.75 Å². The van der Waals surface area contributed by atoms with Crippen molar-refractivity contribution in [2.24, 2.45) is 17.3 Å². The van der Waals surface area contributed by atoms with Crippen LogP contribution in [0.4, 0.5) is 0 Å². The summed E-state index contributed by atoms with van der Waals surface area (Å²) in [6, 6.07) is 1.77. The number of phenolic OH excluding ortho intramolecular Hbond substituents is 1. The Balaban J connectivity index is 1.77. The number of fused-ring (bicyclic) bond motifs is 5. The maximum Gasteiger partial charge on any atom is 0.115 e. The minimum absolute atomic E-state index is 0.00353. The number of phenols is 1. The lowest BCUT2D eigenvalue weighted by molar-refractivity contribution is -0.0505. The molecule has 3 nitrogen and oxygen atoms in total. The monoisotopic (exact) mass is 291 g/mol. The van der Waals surface area contributed by atoms with Crippen LogP contribution in [0.15, 0.2) is 18.2 Å². The molecule has 0 aliphatic heterocycles. The number of rotatable bonds is 0. The topological polar surface area (TPSA) is 60.7 Å². The zero-order valence-corrected chi connectivity index (χ0v) is 12.3. The van der Waals surface area contributed by atoms with Gasteiger partial charge in [0, 0.05) is 0 Å². The van der Waals surface area contributed by atoms with Crippen molar-refractivity contribution in [1.29, 1.82) is 0 Å². The Kier molecular flexibility index (Phi) is 2.26. The van der Waals surface area contributed by atoms with E-state index in [1.54, 1.807) is 6.07 Å². The van der Waals surface area contributed by atoms with Crippen molar-refractivity contribution in [3.63, 3.8) is 0 Å². The molecule has 0 amide bonds. The molecule has 0 bridgehead atoms. The number of hydrogen-bond donors (Lipinski definition) is 3. The normalized spacial score (nSPS) is 50.3. The van der Waals surface area contributed by atoms with E-state index in [0.29, 0.717) is 19.3 Å². The molecule has 0 saturated heterocycles. The predicted molar refractivity (Wildman–Crippen MR) is 80.1 cm³/mol. The van der Waals surface area contributed by atoms with E-state index >= 15 is 0 Å². The van der Waals surface area contributed by atoms with Gasteiger partial charge >= 0.3 is 0 Å². The Bertz CT molecular complexity index is 705. The first kappa shape index (κ1) is 10.6. The number of aromatic hydroxyl groups is 1. The number of aliphatic hydroxyl groups excluding tert-OH is 1. The van der Waals surface area contributed by atoms with Gasteiger partial charge in [-0.1, -0.05) is 13.0 Å². The lowest BCUT2D eigenvalue weighted by atomic mass is 9.55.